The second-order valence-electron chi connectivity index (χ2n) is 7.33. The van der Waals surface area contributed by atoms with Crippen LogP contribution in [0.4, 0.5) is 5.69 Å². The highest BCUT2D eigenvalue weighted by Gasteiger charge is 2.17. The number of allylic oxidation sites excluding steroid dienone is 12. The molecular formula is C28H23N. The first-order chi connectivity index (χ1) is 14.2. The minimum absolute atomic E-state index is 1.02. The number of rotatable bonds is 5. The molecule has 0 radical (unpaired) electrons. The molecule has 0 saturated carbocycles. The smallest absolute Gasteiger partial charge is 0.0971 e. The number of nitrogens with zero attached hydrogens (tertiary/aromatic N) is 1. The molecule has 0 heterocycles. The number of hydrogen-bond donors (Lipinski definition) is 0. The van der Waals surface area contributed by atoms with Gasteiger partial charge in [0.05, 0.1) is 5.70 Å². The van der Waals surface area contributed by atoms with Gasteiger partial charge in [0.15, 0.2) is 0 Å². The van der Waals surface area contributed by atoms with Gasteiger partial charge in [0.1, 0.15) is 0 Å². The molecule has 0 unspecified atom stereocenters. The molecule has 3 aliphatic carbocycles. The van der Waals surface area contributed by atoms with Gasteiger partial charge in [-0.3, -0.25) is 0 Å². The van der Waals surface area contributed by atoms with E-state index in [2.05, 4.69) is 95.5 Å². The summed E-state index contributed by atoms with van der Waals surface area (Å²) in [6.45, 7) is 4.23. The molecule has 4 rings (SSSR count). The predicted octanol–water partition coefficient (Wildman–Crippen LogP) is 7.09. The Kier molecular flexibility index (Phi) is 5.51. The van der Waals surface area contributed by atoms with Gasteiger partial charge in [-0.2, -0.15) is 0 Å². The van der Waals surface area contributed by atoms with Crippen LogP contribution in [0.3, 0.4) is 0 Å². The topological polar surface area (TPSA) is 3.24 Å². The summed E-state index contributed by atoms with van der Waals surface area (Å²) in [6, 6.07) is 8.63. The van der Waals surface area contributed by atoms with Crippen LogP contribution in [0.25, 0.3) is 6.08 Å². The molecule has 0 amide bonds. The highest BCUT2D eigenvalue weighted by molar-refractivity contribution is 5.65. The van der Waals surface area contributed by atoms with E-state index in [1.54, 1.807) is 0 Å². The average molecular weight is 373 g/mol. The summed E-state index contributed by atoms with van der Waals surface area (Å²) in [5.41, 5.74) is 20.8. The summed E-state index contributed by atoms with van der Waals surface area (Å²) in [5, 5.41) is 0. The molecule has 1 nitrogen and oxygen atoms in total. The maximum Gasteiger partial charge on any atom is 0.0971 e. The Morgan fingerprint density at radius 2 is 1.72 bits per heavy atom. The summed E-state index contributed by atoms with van der Waals surface area (Å²) in [4.78, 5) is 2.28. The van der Waals surface area contributed by atoms with Crippen LogP contribution in [0.5, 0.6) is 0 Å². The van der Waals surface area contributed by atoms with Crippen molar-refractivity contribution in [2.24, 2.45) is 0 Å². The zero-order valence-electron chi connectivity index (χ0n) is 16.9. The summed E-state index contributed by atoms with van der Waals surface area (Å²) in [7, 11) is 0. The zero-order valence-corrected chi connectivity index (χ0v) is 16.9. The minimum Gasteiger partial charge on any atom is -0.307 e. The van der Waals surface area contributed by atoms with Crippen LogP contribution in [-0.2, 0) is 0 Å². The molecule has 0 aliphatic heterocycles. The van der Waals surface area contributed by atoms with Crippen LogP contribution in [0, 0.1) is 0 Å². The molecule has 0 N–H and O–H groups in total. The van der Waals surface area contributed by atoms with Gasteiger partial charge in [-0.15, -0.1) is 0 Å². The van der Waals surface area contributed by atoms with Crippen LogP contribution >= 0.6 is 0 Å². The fourth-order valence-corrected chi connectivity index (χ4v) is 3.34. The molecule has 3 aliphatic rings. The summed E-state index contributed by atoms with van der Waals surface area (Å²) in [6.07, 6.45) is 20.8. The quantitative estimate of drug-likeness (QED) is 0.498. The van der Waals surface area contributed by atoms with Gasteiger partial charge >= 0.3 is 0 Å². The van der Waals surface area contributed by atoms with Crippen molar-refractivity contribution in [3.05, 3.63) is 129 Å². The molecule has 29 heavy (non-hydrogen) atoms. The first kappa shape index (κ1) is 18.7. The van der Waals surface area contributed by atoms with Gasteiger partial charge in [0.25, 0.3) is 0 Å². The first-order valence-electron chi connectivity index (χ1n) is 9.93. The molecule has 0 spiro atoms. The fraction of sp³-hybridized carbons (Fsp3) is 0.143. The Balaban J connectivity index is 1.67. The molecule has 1 aromatic rings. The van der Waals surface area contributed by atoms with Crippen molar-refractivity contribution in [1.29, 1.82) is 0 Å². The molecular weight excluding hydrogens is 350 g/mol. The second-order valence-corrected chi connectivity index (χ2v) is 7.33. The van der Waals surface area contributed by atoms with Crippen molar-refractivity contribution in [2.75, 3.05) is 4.90 Å². The third-order valence-electron chi connectivity index (χ3n) is 5.02. The predicted molar refractivity (Wildman–Crippen MR) is 122 cm³/mol. The van der Waals surface area contributed by atoms with Crippen LogP contribution in [0.1, 0.15) is 32.3 Å². The summed E-state index contributed by atoms with van der Waals surface area (Å²) < 4.78 is 0. The molecule has 140 valence electrons. The maximum absolute atomic E-state index is 3.32. The first-order valence-corrected chi connectivity index (χ1v) is 9.93. The Labute approximate surface area is 173 Å². The lowest BCUT2D eigenvalue weighted by Gasteiger charge is -2.29. The van der Waals surface area contributed by atoms with E-state index in [0.29, 0.717) is 0 Å². The van der Waals surface area contributed by atoms with E-state index in [1.807, 2.05) is 25.2 Å². The normalized spacial score (nSPS) is 17.1. The summed E-state index contributed by atoms with van der Waals surface area (Å²) >= 11 is 0. The van der Waals surface area contributed by atoms with Crippen molar-refractivity contribution in [3.63, 3.8) is 0 Å². The number of benzene rings is 1. The van der Waals surface area contributed by atoms with E-state index in [0.717, 1.165) is 40.9 Å². The lowest BCUT2D eigenvalue weighted by atomic mass is 10.0. The van der Waals surface area contributed by atoms with E-state index >= 15 is 0 Å². The Morgan fingerprint density at radius 1 is 0.862 bits per heavy atom. The van der Waals surface area contributed by atoms with E-state index in [4.69, 9.17) is 0 Å². The summed E-state index contributed by atoms with van der Waals surface area (Å²) in [5.74, 6) is 0. The fourth-order valence-electron chi connectivity index (χ4n) is 3.34. The Bertz CT molecular complexity index is 1180. The molecule has 0 bridgehead atoms. The van der Waals surface area contributed by atoms with Gasteiger partial charge in [-0.05, 0) is 92.1 Å². The van der Waals surface area contributed by atoms with Crippen LogP contribution in [-0.4, -0.2) is 0 Å². The lowest BCUT2D eigenvalue weighted by Crippen LogP contribution is -2.22. The largest absolute Gasteiger partial charge is 0.307 e. The Morgan fingerprint density at radius 3 is 2.38 bits per heavy atom. The minimum atomic E-state index is 1.02. The Hall–Kier alpha value is -3.68. The lowest BCUT2D eigenvalue weighted by molar-refractivity contribution is 0.863. The highest BCUT2D eigenvalue weighted by atomic mass is 15.2. The van der Waals surface area contributed by atoms with Crippen LogP contribution in [0.15, 0.2) is 124 Å². The van der Waals surface area contributed by atoms with Crippen molar-refractivity contribution in [1.82, 2.24) is 0 Å². The maximum atomic E-state index is 3.32. The van der Waals surface area contributed by atoms with Crippen molar-refractivity contribution >= 4 is 11.8 Å². The zero-order chi connectivity index (χ0) is 20.1. The third kappa shape index (κ3) is 4.60. The van der Waals surface area contributed by atoms with Gasteiger partial charge in [0, 0.05) is 17.0 Å². The highest BCUT2D eigenvalue weighted by Crippen LogP contribution is 2.31. The SMILES string of the molecule is CC1=C=C=C(N(C2=CC=C(C)CC2)c2ccc(C=CC3=C=C=CC=C3)cc2)C=C1. The van der Waals surface area contributed by atoms with E-state index in [-0.39, 0.29) is 0 Å². The van der Waals surface area contributed by atoms with Gasteiger partial charge in [-0.1, -0.05) is 53.1 Å². The number of hydrogen-bond acceptors (Lipinski definition) is 1. The van der Waals surface area contributed by atoms with Crippen LogP contribution < -0.4 is 4.90 Å². The molecule has 1 aromatic carbocycles. The standard InChI is InChI=1S/C28H23N/c1-22-8-16-26(17-9-22)29(27-18-10-23(2)11-19-27)28-20-14-25(15-21-28)13-12-24-6-4-3-5-7-24/h3-4,6,8,10,12-16,18,20-21H,9,17H2,1-2H3. The molecule has 0 aromatic heterocycles. The number of anilines is 1. The average Bonchev–Trinajstić information content (AvgIpc) is 2.77. The molecule has 0 fully saturated rings. The second kappa shape index (κ2) is 8.55. The molecule has 1 heteroatoms. The third-order valence-corrected chi connectivity index (χ3v) is 5.02. The van der Waals surface area contributed by atoms with Crippen LogP contribution in [0.2, 0.25) is 0 Å². The molecule has 0 atom stereocenters. The molecule has 0 saturated heterocycles. The van der Waals surface area contributed by atoms with E-state index in [9.17, 15) is 0 Å². The van der Waals surface area contributed by atoms with Crippen molar-refractivity contribution in [2.45, 2.75) is 26.7 Å². The van der Waals surface area contributed by atoms with E-state index < -0.39 is 0 Å². The van der Waals surface area contributed by atoms with Gasteiger partial charge in [-0.25, -0.2) is 0 Å². The van der Waals surface area contributed by atoms with Gasteiger partial charge in [0.2, 0.25) is 0 Å². The van der Waals surface area contributed by atoms with Gasteiger partial charge < -0.3 is 4.90 Å². The van der Waals surface area contributed by atoms with E-state index in [1.165, 1.54) is 11.3 Å². The van der Waals surface area contributed by atoms with Crippen molar-refractivity contribution in [3.8, 4) is 0 Å². The monoisotopic (exact) mass is 373 g/mol. The van der Waals surface area contributed by atoms with Crippen molar-refractivity contribution < 1.29 is 0 Å².